The molecular formula is C22H21NO3. The first-order valence-corrected chi connectivity index (χ1v) is 8.94. The van der Waals surface area contributed by atoms with Crippen LogP contribution in [0.4, 0.5) is 0 Å². The van der Waals surface area contributed by atoms with Gasteiger partial charge in [-0.1, -0.05) is 42.5 Å². The molecule has 26 heavy (non-hydrogen) atoms. The number of ether oxygens (including phenoxy) is 1. The number of fused-ring (bicyclic) bond motifs is 1. The lowest BCUT2D eigenvalue weighted by Crippen LogP contribution is -2.29. The summed E-state index contributed by atoms with van der Waals surface area (Å²) in [5, 5.41) is 11.8. The number of phenolic OH excluding ortho intramolecular Hbond substituents is 1. The Morgan fingerprint density at radius 2 is 1.81 bits per heavy atom. The Bertz CT molecular complexity index is 934. The van der Waals surface area contributed by atoms with Gasteiger partial charge in [0.25, 0.3) is 0 Å². The molecule has 1 fully saturated rings. The van der Waals surface area contributed by atoms with Gasteiger partial charge in [0.05, 0.1) is 6.54 Å². The van der Waals surface area contributed by atoms with E-state index in [0.717, 1.165) is 40.6 Å². The first-order valence-electron chi connectivity index (χ1n) is 8.94. The summed E-state index contributed by atoms with van der Waals surface area (Å²) in [6, 6.07) is 19.4. The molecule has 0 aromatic heterocycles. The van der Waals surface area contributed by atoms with Gasteiger partial charge in [-0.2, -0.15) is 0 Å². The number of rotatable bonds is 5. The lowest BCUT2D eigenvalue weighted by molar-refractivity contribution is -0.128. The van der Waals surface area contributed by atoms with Crippen molar-refractivity contribution in [1.29, 1.82) is 0 Å². The third-order valence-electron chi connectivity index (χ3n) is 4.84. The van der Waals surface area contributed by atoms with Gasteiger partial charge in [-0.15, -0.1) is 0 Å². The van der Waals surface area contributed by atoms with Gasteiger partial charge >= 0.3 is 0 Å². The van der Waals surface area contributed by atoms with Crippen LogP contribution in [-0.4, -0.2) is 35.6 Å². The van der Waals surface area contributed by atoms with E-state index in [1.165, 1.54) is 0 Å². The Labute approximate surface area is 152 Å². The molecule has 4 rings (SSSR count). The molecule has 3 aromatic carbocycles. The molecule has 4 nitrogen and oxygen atoms in total. The molecular weight excluding hydrogens is 326 g/mol. The second kappa shape index (κ2) is 7.08. The van der Waals surface area contributed by atoms with Crippen LogP contribution in [0, 0.1) is 0 Å². The molecule has 132 valence electrons. The van der Waals surface area contributed by atoms with Crippen LogP contribution in [0.1, 0.15) is 12.8 Å². The number of hydrogen-bond donors (Lipinski definition) is 1. The van der Waals surface area contributed by atoms with Crippen LogP contribution < -0.4 is 4.74 Å². The zero-order valence-corrected chi connectivity index (χ0v) is 14.5. The molecule has 1 N–H and O–H groups in total. The molecule has 1 amide bonds. The minimum Gasteiger partial charge on any atom is -0.508 e. The molecule has 0 radical (unpaired) electrons. The molecule has 1 heterocycles. The number of amides is 1. The summed E-state index contributed by atoms with van der Waals surface area (Å²) in [4.78, 5) is 13.6. The maximum absolute atomic E-state index is 11.8. The lowest BCUT2D eigenvalue weighted by atomic mass is 9.97. The summed E-state index contributed by atoms with van der Waals surface area (Å²) in [6.07, 6.45) is 1.59. The molecule has 0 saturated carbocycles. The van der Waals surface area contributed by atoms with Gasteiger partial charge in [-0.3, -0.25) is 4.79 Å². The molecule has 1 aliphatic heterocycles. The van der Waals surface area contributed by atoms with Gasteiger partial charge in [0.1, 0.15) is 18.1 Å². The summed E-state index contributed by atoms with van der Waals surface area (Å²) in [7, 11) is 0. The third-order valence-corrected chi connectivity index (χ3v) is 4.84. The minimum absolute atomic E-state index is 0.214. The number of carbonyl (C=O) groups excluding carboxylic acids is 1. The second-order valence-corrected chi connectivity index (χ2v) is 6.54. The van der Waals surface area contributed by atoms with Crippen molar-refractivity contribution >= 4 is 16.7 Å². The van der Waals surface area contributed by atoms with Gasteiger partial charge in [0.2, 0.25) is 5.91 Å². The molecule has 3 aromatic rings. The van der Waals surface area contributed by atoms with Gasteiger partial charge in [-0.05, 0) is 41.0 Å². The highest BCUT2D eigenvalue weighted by molar-refractivity contribution is 5.99. The van der Waals surface area contributed by atoms with E-state index in [4.69, 9.17) is 4.74 Å². The second-order valence-electron chi connectivity index (χ2n) is 6.54. The highest BCUT2D eigenvalue weighted by atomic mass is 16.5. The Kier molecular flexibility index (Phi) is 4.48. The molecule has 0 atom stereocenters. The van der Waals surface area contributed by atoms with E-state index in [0.29, 0.717) is 19.6 Å². The lowest BCUT2D eigenvalue weighted by Gasteiger charge is -2.18. The standard InChI is InChI=1S/C22H21NO3/c24-18-10-7-17(8-11-18)22-19-5-2-1-4-16(19)9-12-20(22)26-15-14-23-13-3-6-21(23)25/h1-2,4-5,7-12,24H,3,6,13-15H2. The van der Waals surface area contributed by atoms with E-state index in [2.05, 4.69) is 18.2 Å². The van der Waals surface area contributed by atoms with E-state index >= 15 is 0 Å². The fourth-order valence-corrected chi connectivity index (χ4v) is 3.50. The van der Waals surface area contributed by atoms with Crippen molar-refractivity contribution < 1.29 is 14.6 Å². The Morgan fingerprint density at radius 3 is 2.58 bits per heavy atom. The summed E-state index contributed by atoms with van der Waals surface area (Å²) < 4.78 is 6.08. The molecule has 1 saturated heterocycles. The maximum atomic E-state index is 11.8. The number of nitrogens with zero attached hydrogens (tertiary/aromatic N) is 1. The van der Waals surface area contributed by atoms with Crippen LogP contribution in [0.5, 0.6) is 11.5 Å². The topological polar surface area (TPSA) is 49.8 Å². The summed E-state index contributed by atoms with van der Waals surface area (Å²) in [6.45, 7) is 1.90. The van der Waals surface area contributed by atoms with E-state index in [1.807, 2.05) is 35.2 Å². The molecule has 1 aliphatic rings. The number of carbonyl (C=O) groups is 1. The zero-order chi connectivity index (χ0) is 17.9. The summed E-state index contributed by atoms with van der Waals surface area (Å²) >= 11 is 0. The smallest absolute Gasteiger partial charge is 0.222 e. The van der Waals surface area contributed by atoms with E-state index < -0.39 is 0 Å². The van der Waals surface area contributed by atoms with Crippen LogP contribution >= 0.6 is 0 Å². The Balaban J connectivity index is 1.66. The van der Waals surface area contributed by atoms with Crippen molar-refractivity contribution in [3.8, 4) is 22.6 Å². The normalized spacial score (nSPS) is 14.2. The van der Waals surface area contributed by atoms with Gasteiger partial charge in [-0.25, -0.2) is 0 Å². The minimum atomic E-state index is 0.214. The predicted octanol–water partition coefficient (Wildman–Crippen LogP) is 4.21. The van der Waals surface area contributed by atoms with Crippen molar-refractivity contribution in [2.75, 3.05) is 19.7 Å². The van der Waals surface area contributed by atoms with Crippen molar-refractivity contribution in [3.63, 3.8) is 0 Å². The van der Waals surface area contributed by atoms with E-state index in [-0.39, 0.29) is 11.7 Å². The van der Waals surface area contributed by atoms with E-state index in [9.17, 15) is 9.90 Å². The number of hydrogen-bond acceptors (Lipinski definition) is 3. The molecule has 4 heteroatoms. The highest BCUT2D eigenvalue weighted by Crippen LogP contribution is 2.37. The molecule has 0 spiro atoms. The van der Waals surface area contributed by atoms with Crippen molar-refractivity contribution in [1.82, 2.24) is 4.90 Å². The van der Waals surface area contributed by atoms with Gasteiger partial charge < -0.3 is 14.7 Å². The fraction of sp³-hybridized carbons (Fsp3) is 0.227. The third kappa shape index (κ3) is 3.23. The van der Waals surface area contributed by atoms with Crippen molar-refractivity contribution in [3.05, 3.63) is 60.7 Å². The molecule has 0 unspecified atom stereocenters. The fourth-order valence-electron chi connectivity index (χ4n) is 3.50. The monoisotopic (exact) mass is 347 g/mol. The largest absolute Gasteiger partial charge is 0.508 e. The summed E-state index contributed by atoms with van der Waals surface area (Å²) in [5.74, 6) is 1.25. The molecule has 0 aliphatic carbocycles. The molecule has 0 bridgehead atoms. The zero-order valence-electron chi connectivity index (χ0n) is 14.5. The quantitative estimate of drug-likeness (QED) is 0.752. The average Bonchev–Trinajstić information content (AvgIpc) is 3.07. The first-order chi connectivity index (χ1) is 12.7. The highest BCUT2D eigenvalue weighted by Gasteiger charge is 2.20. The van der Waals surface area contributed by atoms with E-state index in [1.54, 1.807) is 12.1 Å². The van der Waals surface area contributed by atoms with Crippen LogP contribution in [0.2, 0.25) is 0 Å². The number of phenols is 1. The maximum Gasteiger partial charge on any atom is 0.222 e. The SMILES string of the molecule is O=C1CCCN1CCOc1ccc2ccccc2c1-c1ccc(O)cc1. The number of likely N-dealkylation sites (tertiary alicyclic amines) is 1. The number of benzene rings is 3. The van der Waals surface area contributed by atoms with Gasteiger partial charge in [0.15, 0.2) is 0 Å². The Hall–Kier alpha value is -3.01. The average molecular weight is 347 g/mol. The van der Waals surface area contributed by atoms with Crippen molar-refractivity contribution in [2.45, 2.75) is 12.8 Å². The Morgan fingerprint density at radius 1 is 1.00 bits per heavy atom. The number of aromatic hydroxyl groups is 1. The van der Waals surface area contributed by atoms with Gasteiger partial charge in [0, 0.05) is 18.5 Å². The van der Waals surface area contributed by atoms with Crippen LogP contribution in [0.3, 0.4) is 0 Å². The van der Waals surface area contributed by atoms with Crippen LogP contribution in [0.15, 0.2) is 60.7 Å². The van der Waals surface area contributed by atoms with Crippen molar-refractivity contribution in [2.24, 2.45) is 0 Å². The van der Waals surface area contributed by atoms with Crippen LogP contribution in [-0.2, 0) is 4.79 Å². The first kappa shape index (κ1) is 16.5. The summed E-state index contributed by atoms with van der Waals surface area (Å²) in [5.41, 5.74) is 2.00. The van der Waals surface area contributed by atoms with Crippen LogP contribution in [0.25, 0.3) is 21.9 Å². The predicted molar refractivity (Wildman–Crippen MR) is 102 cm³/mol.